The number of likely N-dealkylation sites (N-methyl/N-ethyl adjacent to an activating group) is 1. The third-order valence-electron chi connectivity index (χ3n) is 3.30. The number of carbonyl (C=O) groups excluding carboxylic acids is 2. The van der Waals surface area contributed by atoms with Crippen molar-refractivity contribution in [2.45, 2.75) is 32.9 Å². The molecule has 2 amide bonds. The molecule has 110 valence electrons. The van der Waals surface area contributed by atoms with E-state index < -0.39 is 5.91 Å². The molecule has 0 aliphatic heterocycles. The molecule has 5 heteroatoms. The highest BCUT2D eigenvalue weighted by atomic mass is 16.2. The van der Waals surface area contributed by atoms with Crippen molar-refractivity contribution >= 4 is 11.8 Å². The van der Waals surface area contributed by atoms with E-state index in [1.165, 1.54) is 0 Å². The van der Waals surface area contributed by atoms with E-state index in [0.717, 1.165) is 12.0 Å². The molecule has 1 rings (SSSR count). The van der Waals surface area contributed by atoms with Crippen LogP contribution < -0.4 is 11.1 Å². The average molecular weight is 277 g/mol. The maximum atomic E-state index is 11.9. The summed E-state index contributed by atoms with van der Waals surface area (Å²) in [5.41, 5.74) is 6.62. The number of hydrogen-bond acceptors (Lipinski definition) is 3. The first-order chi connectivity index (χ1) is 9.43. The summed E-state index contributed by atoms with van der Waals surface area (Å²) in [7, 11) is 1.77. The zero-order chi connectivity index (χ0) is 15.1. The van der Waals surface area contributed by atoms with Crippen molar-refractivity contribution < 1.29 is 9.59 Å². The summed E-state index contributed by atoms with van der Waals surface area (Å²) in [6, 6.07) is 7.31. The van der Waals surface area contributed by atoms with Crippen molar-refractivity contribution in [3.8, 4) is 0 Å². The van der Waals surface area contributed by atoms with Gasteiger partial charge in [0, 0.05) is 25.2 Å². The van der Waals surface area contributed by atoms with Gasteiger partial charge in [-0.2, -0.15) is 0 Å². The lowest BCUT2D eigenvalue weighted by Crippen LogP contribution is -2.38. The van der Waals surface area contributed by atoms with E-state index in [4.69, 9.17) is 5.73 Å². The summed E-state index contributed by atoms with van der Waals surface area (Å²) >= 11 is 0. The molecular formula is C15H23N3O2. The molecular weight excluding hydrogens is 254 g/mol. The Bertz CT molecular complexity index is 457. The SMILES string of the molecule is CCC(C)NCC(=O)N(C)Cc1ccc(C(N)=O)cc1. The smallest absolute Gasteiger partial charge is 0.248 e. The summed E-state index contributed by atoms with van der Waals surface area (Å²) in [5, 5.41) is 3.17. The fraction of sp³-hybridized carbons (Fsp3) is 0.467. The quantitative estimate of drug-likeness (QED) is 0.784. The fourth-order valence-corrected chi connectivity index (χ4v) is 1.68. The van der Waals surface area contributed by atoms with Crippen molar-refractivity contribution in [2.75, 3.05) is 13.6 Å². The minimum atomic E-state index is -0.446. The van der Waals surface area contributed by atoms with Crippen LogP contribution in [0.4, 0.5) is 0 Å². The third-order valence-corrected chi connectivity index (χ3v) is 3.30. The van der Waals surface area contributed by atoms with Gasteiger partial charge < -0.3 is 16.0 Å². The zero-order valence-corrected chi connectivity index (χ0v) is 12.3. The van der Waals surface area contributed by atoms with E-state index in [0.29, 0.717) is 24.7 Å². The van der Waals surface area contributed by atoms with Gasteiger partial charge in [0.15, 0.2) is 0 Å². The first kappa shape index (κ1) is 16.2. The van der Waals surface area contributed by atoms with Gasteiger partial charge in [-0.1, -0.05) is 19.1 Å². The van der Waals surface area contributed by atoms with E-state index >= 15 is 0 Å². The van der Waals surface area contributed by atoms with Gasteiger partial charge in [-0.05, 0) is 31.0 Å². The summed E-state index contributed by atoms with van der Waals surface area (Å²) in [5.74, 6) is -0.400. The highest BCUT2D eigenvalue weighted by Crippen LogP contribution is 2.06. The second kappa shape index (κ2) is 7.65. The Kier molecular flexibility index (Phi) is 6.18. The molecule has 1 atom stereocenters. The molecule has 1 aromatic carbocycles. The van der Waals surface area contributed by atoms with Crippen LogP contribution >= 0.6 is 0 Å². The lowest BCUT2D eigenvalue weighted by molar-refractivity contribution is -0.129. The Morgan fingerprint density at radius 2 is 1.90 bits per heavy atom. The lowest BCUT2D eigenvalue weighted by Gasteiger charge is -2.19. The second-order valence-electron chi connectivity index (χ2n) is 5.00. The molecule has 5 nitrogen and oxygen atoms in total. The Hall–Kier alpha value is -1.88. The molecule has 0 aliphatic rings. The van der Waals surface area contributed by atoms with Crippen LogP contribution in [0, 0.1) is 0 Å². The Morgan fingerprint density at radius 1 is 1.30 bits per heavy atom. The number of carbonyl (C=O) groups is 2. The van der Waals surface area contributed by atoms with Crippen LogP contribution in [0.5, 0.6) is 0 Å². The standard InChI is InChI=1S/C15H23N3O2/c1-4-11(2)17-9-14(19)18(3)10-12-5-7-13(8-6-12)15(16)20/h5-8,11,17H,4,9-10H2,1-3H3,(H2,16,20). The maximum Gasteiger partial charge on any atom is 0.248 e. The van der Waals surface area contributed by atoms with Crippen molar-refractivity contribution in [3.63, 3.8) is 0 Å². The van der Waals surface area contributed by atoms with Gasteiger partial charge in [0.05, 0.1) is 6.54 Å². The molecule has 0 fully saturated rings. The molecule has 0 aliphatic carbocycles. The zero-order valence-electron chi connectivity index (χ0n) is 12.3. The third kappa shape index (κ3) is 5.01. The minimum absolute atomic E-state index is 0.0456. The Balaban J connectivity index is 2.50. The predicted octanol–water partition coefficient (Wildman–Crippen LogP) is 1.13. The fourth-order valence-electron chi connectivity index (χ4n) is 1.68. The number of primary amides is 1. The van der Waals surface area contributed by atoms with Crippen LogP contribution in [-0.2, 0) is 11.3 Å². The molecule has 0 radical (unpaired) electrons. The summed E-state index contributed by atoms with van der Waals surface area (Å²) in [6.07, 6.45) is 0.992. The van der Waals surface area contributed by atoms with E-state index in [-0.39, 0.29) is 5.91 Å². The van der Waals surface area contributed by atoms with E-state index in [1.807, 2.05) is 12.1 Å². The molecule has 0 saturated heterocycles. The van der Waals surface area contributed by atoms with Crippen molar-refractivity contribution in [2.24, 2.45) is 5.73 Å². The molecule has 0 heterocycles. The van der Waals surface area contributed by atoms with Crippen molar-refractivity contribution in [3.05, 3.63) is 35.4 Å². The molecule has 0 saturated carbocycles. The topological polar surface area (TPSA) is 75.4 Å². The minimum Gasteiger partial charge on any atom is -0.366 e. The normalized spacial score (nSPS) is 11.9. The summed E-state index contributed by atoms with van der Waals surface area (Å²) < 4.78 is 0. The van der Waals surface area contributed by atoms with Gasteiger partial charge in [0.25, 0.3) is 0 Å². The molecule has 0 bridgehead atoms. The number of nitrogens with two attached hydrogens (primary N) is 1. The van der Waals surface area contributed by atoms with Crippen molar-refractivity contribution in [1.29, 1.82) is 0 Å². The molecule has 20 heavy (non-hydrogen) atoms. The summed E-state index contributed by atoms with van der Waals surface area (Å²) in [6.45, 7) is 4.98. The molecule has 0 aromatic heterocycles. The van der Waals surface area contributed by atoms with Gasteiger partial charge in [-0.15, -0.1) is 0 Å². The van der Waals surface area contributed by atoms with E-state index in [9.17, 15) is 9.59 Å². The van der Waals surface area contributed by atoms with Crippen LogP contribution in [0.3, 0.4) is 0 Å². The number of benzene rings is 1. The number of rotatable bonds is 7. The highest BCUT2D eigenvalue weighted by Gasteiger charge is 2.10. The van der Waals surface area contributed by atoms with Crippen LogP contribution in [0.2, 0.25) is 0 Å². The largest absolute Gasteiger partial charge is 0.366 e. The Labute approximate surface area is 120 Å². The van der Waals surface area contributed by atoms with E-state index in [1.54, 1.807) is 24.1 Å². The van der Waals surface area contributed by atoms with Gasteiger partial charge in [0.1, 0.15) is 0 Å². The Morgan fingerprint density at radius 3 is 2.40 bits per heavy atom. The first-order valence-corrected chi connectivity index (χ1v) is 6.80. The number of hydrogen-bond donors (Lipinski definition) is 2. The van der Waals surface area contributed by atoms with Crippen LogP contribution in [0.25, 0.3) is 0 Å². The maximum absolute atomic E-state index is 11.9. The number of nitrogens with one attached hydrogen (secondary N) is 1. The van der Waals surface area contributed by atoms with Gasteiger partial charge >= 0.3 is 0 Å². The lowest BCUT2D eigenvalue weighted by atomic mass is 10.1. The summed E-state index contributed by atoms with van der Waals surface area (Å²) in [4.78, 5) is 24.6. The molecule has 1 aromatic rings. The average Bonchev–Trinajstić information content (AvgIpc) is 2.44. The predicted molar refractivity (Wildman–Crippen MR) is 79.2 cm³/mol. The van der Waals surface area contributed by atoms with Crippen LogP contribution in [0.15, 0.2) is 24.3 Å². The number of amides is 2. The van der Waals surface area contributed by atoms with Crippen molar-refractivity contribution in [1.82, 2.24) is 10.2 Å². The number of nitrogens with zero attached hydrogens (tertiary/aromatic N) is 1. The van der Waals surface area contributed by atoms with Gasteiger partial charge in [-0.25, -0.2) is 0 Å². The monoisotopic (exact) mass is 277 g/mol. The molecule has 3 N–H and O–H groups in total. The van der Waals surface area contributed by atoms with Crippen LogP contribution in [-0.4, -0.2) is 36.3 Å². The molecule has 1 unspecified atom stereocenters. The van der Waals surface area contributed by atoms with E-state index in [2.05, 4.69) is 19.2 Å². The second-order valence-corrected chi connectivity index (χ2v) is 5.00. The van der Waals surface area contributed by atoms with Crippen LogP contribution in [0.1, 0.15) is 36.2 Å². The molecule has 0 spiro atoms. The highest BCUT2D eigenvalue weighted by molar-refractivity contribution is 5.92. The van der Waals surface area contributed by atoms with Gasteiger partial charge in [0.2, 0.25) is 11.8 Å². The van der Waals surface area contributed by atoms with Gasteiger partial charge in [-0.3, -0.25) is 9.59 Å². The first-order valence-electron chi connectivity index (χ1n) is 6.80.